The first kappa shape index (κ1) is 11.9. The standard InChI is InChI=1S/C14H22N4/c1-9-6-16-10(2)14(17-9)18-7-11-4-3-5-13(15)12(11)8-18/h6,11-13H,3-5,7-8,15H2,1-2H3. The van der Waals surface area contributed by atoms with Gasteiger partial charge in [0.25, 0.3) is 0 Å². The van der Waals surface area contributed by atoms with E-state index >= 15 is 0 Å². The average Bonchev–Trinajstić information content (AvgIpc) is 2.77. The van der Waals surface area contributed by atoms with Crippen molar-refractivity contribution in [1.82, 2.24) is 9.97 Å². The molecule has 1 saturated heterocycles. The van der Waals surface area contributed by atoms with E-state index in [0.717, 1.165) is 36.2 Å². The number of nitrogens with zero attached hydrogens (tertiary/aromatic N) is 3. The fourth-order valence-corrected chi connectivity index (χ4v) is 3.51. The molecule has 0 radical (unpaired) electrons. The van der Waals surface area contributed by atoms with Crippen LogP contribution in [0.2, 0.25) is 0 Å². The Labute approximate surface area is 109 Å². The lowest BCUT2D eigenvalue weighted by atomic mass is 9.78. The lowest BCUT2D eigenvalue weighted by Crippen LogP contribution is -2.38. The van der Waals surface area contributed by atoms with Crippen LogP contribution in [0.4, 0.5) is 5.82 Å². The predicted molar refractivity (Wildman–Crippen MR) is 72.5 cm³/mol. The van der Waals surface area contributed by atoms with Gasteiger partial charge in [0.1, 0.15) is 5.82 Å². The molecule has 1 saturated carbocycles. The van der Waals surface area contributed by atoms with E-state index in [0.29, 0.717) is 12.0 Å². The van der Waals surface area contributed by atoms with Gasteiger partial charge in [0.2, 0.25) is 0 Å². The first-order valence-electron chi connectivity index (χ1n) is 6.96. The molecule has 3 unspecified atom stereocenters. The smallest absolute Gasteiger partial charge is 0.150 e. The number of aromatic nitrogens is 2. The first-order chi connectivity index (χ1) is 8.65. The highest BCUT2D eigenvalue weighted by Crippen LogP contribution is 2.37. The van der Waals surface area contributed by atoms with Crippen LogP contribution < -0.4 is 10.6 Å². The summed E-state index contributed by atoms with van der Waals surface area (Å²) in [5.41, 5.74) is 8.30. The second kappa shape index (κ2) is 4.50. The van der Waals surface area contributed by atoms with Gasteiger partial charge in [0.05, 0.1) is 11.4 Å². The van der Waals surface area contributed by atoms with E-state index in [1.807, 2.05) is 20.0 Å². The molecule has 18 heavy (non-hydrogen) atoms. The summed E-state index contributed by atoms with van der Waals surface area (Å²) < 4.78 is 0. The normalized spacial score (nSPS) is 31.5. The van der Waals surface area contributed by atoms with E-state index in [1.165, 1.54) is 19.3 Å². The maximum absolute atomic E-state index is 6.27. The van der Waals surface area contributed by atoms with Crippen LogP contribution in [0.25, 0.3) is 0 Å². The summed E-state index contributed by atoms with van der Waals surface area (Å²) in [7, 11) is 0. The van der Waals surface area contributed by atoms with Crippen molar-refractivity contribution in [3.8, 4) is 0 Å². The minimum Gasteiger partial charge on any atom is -0.354 e. The first-order valence-corrected chi connectivity index (χ1v) is 6.96. The van der Waals surface area contributed by atoms with E-state index in [9.17, 15) is 0 Å². The molecular weight excluding hydrogens is 224 g/mol. The molecule has 3 rings (SSSR count). The Morgan fingerprint density at radius 2 is 2.11 bits per heavy atom. The topological polar surface area (TPSA) is 55.0 Å². The van der Waals surface area contributed by atoms with Crippen LogP contribution in [0.3, 0.4) is 0 Å². The summed E-state index contributed by atoms with van der Waals surface area (Å²) in [6.45, 7) is 6.22. The molecule has 2 heterocycles. The Bertz CT molecular complexity index is 445. The predicted octanol–water partition coefficient (Wildman–Crippen LogP) is 1.66. The largest absolute Gasteiger partial charge is 0.354 e. The second-order valence-electron chi connectivity index (χ2n) is 5.84. The molecule has 1 aliphatic carbocycles. The molecule has 2 N–H and O–H groups in total. The highest BCUT2D eigenvalue weighted by molar-refractivity contribution is 5.45. The van der Waals surface area contributed by atoms with E-state index in [2.05, 4.69) is 14.9 Å². The van der Waals surface area contributed by atoms with Crippen LogP contribution >= 0.6 is 0 Å². The van der Waals surface area contributed by atoms with Crippen LogP contribution in [0.1, 0.15) is 30.7 Å². The molecule has 4 nitrogen and oxygen atoms in total. The Balaban J connectivity index is 1.84. The van der Waals surface area contributed by atoms with Gasteiger partial charge in [-0.2, -0.15) is 0 Å². The van der Waals surface area contributed by atoms with Crippen molar-refractivity contribution in [2.75, 3.05) is 18.0 Å². The van der Waals surface area contributed by atoms with E-state index in [4.69, 9.17) is 5.73 Å². The van der Waals surface area contributed by atoms with E-state index < -0.39 is 0 Å². The van der Waals surface area contributed by atoms with Gasteiger partial charge in [-0.05, 0) is 38.5 Å². The highest BCUT2D eigenvalue weighted by Gasteiger charge is 2.39. The van der Waals surface area contributed by atoms with Crippen molar-refractivity contribution in [2.24, 2.45) is 17.6 Å². The third-order valence-electron chi connectivity index (χ3n) is 4.50. The maximum atomic E-state index is 6.27. The van der Waals surface area contributed by atoms with Gasteiger partial charge in [-0.1, -0.05) is 6.42 Å². The molecule has 1 aromatic heterocycles. The van der Waals surface area contributed by atoms with Crippen molar-refractivity contribution in [1.29, 1.82) is 0 Å². The number of fused-ring (bicyclic) bond motifs is 1. The minimum atomic E-state index is 0.381. The molecule has 1 aliphatic heterocycles. The van der Waals surface area contributed by atoms with Gasteiger partial charge in [0.15, 0.2) is 0 Å². The Kier molecular flexibility index (Phi) is 2.98. The summed E-state index contributed by atoms with van der Waals surface area (Å²) in [6.07, 6.45) is 5.64. The monoisotopic (exact) mass is 246 g/mol. The van der Waals surface area contributed by atoms with Crippen LogP contribution in [-0.2, 0) is 0 Å². The average molecular weight is 246 g/mol. The lowest BCUT2D eigenvalue weighted by Gasteiger charge is -2.29. The molecule has 0 amide bonds. The fraction of sp³-hybridized carbons (Fsp3) is 0.714. The zero-order chi connectivity index (χ0) is 12.7. The third kappa shape index (κ3) is 1.99. The van der Waals surface area contributed by atoms with Crippen molar-refractivity contribution in [2.45, 2.75) is 39.2 Å². The van der Waals surface area contributed by atoms with E-state index in [1.54, 1.807) is 0 Å². The quantitative estimate of drug-likeness (QED) is 0.818. The zero-order valence-electron chi connectivity index (χ0n) is 11.3. The zero-order valence-corrected chi connectivity index (χ0v) is 11.3. The molecule has 0 bridgehead atoms. The van der Waals surface area contributed by atoms with Crippen LogP contribution in [0.5, 0.6) is 0 Å². The second-order valence-corrected chi connectivity index (χ2v) is 5.84. The Morgan fingerprint density at radius 1 is 1.28 bits per heavy atom. The van der Waals surface area contributed by atoms with Gasteiger partial charge < -0.3 is 10.6 Å². The van der Waals surface area contributed by atoms with Crippen molar-refractivity contribution < 1.29 is 0 Å². The molecular formula is C14H22N4. The summed E-state index contributed by atoms with van der Waals surface area (Å²) >= 11 is 0. The number of aryl methyl sites for hydroxylation is 2. The Morgan fingerprint density at radius 3 is 2.89 bits per heavy atom. The Hall–Kier alpha value is -1.16. The lowest BCUT2D eigenvalue weighted by molar-refractivity contribution is 0.260. The van der Waals surface area contributed by atoms with Crippen molar-refractivity contribution in [3.05, 3.63) is 17.6 Å². The number of hydrogen-bond acceptors (Lipinski definition) is 4. The highest BCUT2D eigenvalue weighted by atomic mass is 15.2. The number of nitrogens with two attached hydrogens (primary N) is 1. The summed E-state index contributed by atoms with van der Waals surface area (Å²) in [5.74, 6) is 2.48. The summed E-state index contributed by atoms with van der Waals surface area (Å²) in [6, 6.07) is 0.381. The molecule has 2 aliphatic rings. The van der Waals surface area contributed by atoms with Crippen molar-refractivity contribution in [3.63, 3.8) is 0 Å². The molecule has 98 valence electrons. The maximum Gasteiger partial charge on any atom is 0.150 e. The molecule has 0 aromatic carbocycles. The van der Waals surface area contributed by atoms with Gasteiger partial charge in [-0.3, -0.25) is 4.98 Å². The van der Waals surface area contributed by atoms with Gasteiger partial charge in [-0.15, -0.1) is 0 Å². The number of hydrogen-bond donors (Lipinski definition) is 1. The summed E-state index contributed by atoms with van der Waals surface area (Å²) in [5, 5.41) is 0. The molecule has 4 heteroatoms. The third-order valence-corrected chi connectivity index (χ3v) is 4.50. The van der Waals surface area contributed by atoms with E-state index in [-0.39, 0.29) is 0 Å². The van der Waals surface area contributed by atoms with Crippen LogP contribution in [0.15, 0.2) is 6.20 Å². The SMILES string of the molecule is Cc1cnc(C)c(N2CC3CCCC(N)C3C2)n1. The van der Waals surface area contributed by atoms with Gasteiger partial charge in [-0.25, -0.2) is 4.98 Å². The number of rotatable bonds is 1. The van der Waals surface area contributed by atoms with Crippen LogP contribution in [0, 0.1) is 25.7 Å². The van der Waals surface area contributed by atoms with Gasteiger partial charge >= 0.3 is 0 Å². The van der Waals surface area contributed by atoms with Gasteiger partial charge in [0, 0.05) is 25.3 Å². The summed E-state index contributed by atoms with van der Waals surface area (Å²) in [4.78, 5) is 11.5. The molecule has 2 fully saturated rings. The molecule has 0 spiro atoms. The number of anilines is 1. The van der Waals surface area contributed by atoms with Crippen LogP contribution in [-0.4, -0.2) is 29.1 Å². The minimum absolute atomic E-state index is 0.381. The fourth-order valence-electron chi connectivity index (χ4n) is 3.51. The molecule has 3 atom stereocenters. The molecule has 1 aromatic rings. The van der Waals surface area contributed by atoms with Crippen molar-refractivity contribution >= 4 is 5.82 Å².